The SMILES string of the molecule is C[C@H]1CCC[C@H](C(=O)Cl)C1. The molecule has 0 radical (unpaired) electrons. The summed E-state index contributed by atoms with van der Waals surface area (Å²) in [5.74, 6) is 0.854. The molecule has 0 amide bonds. The third-order valence-electron chi connectivity index (χ3n) is 2.26. The Hall–Kier alpha value is -0.0400. The van der Waals surface area contributed by atoms with Crippen molar-refractivity contribution in [2.75, 3.05) is 0 Å². The predicted octanol–water partition coefficient (Wildman–Crippen LogP) is 2.58. The van der Waals surface area contributed by atoms with Crippen LogP contribution in [0.5, 0.6) is 0 Å². The van der Waals surface area contributed by atoms with Crippen molar-refractivity contribution in [1.29, 1.82) is 0 Å². The van der Waals surface area contributed by atoms with Crippen molar-refractivity contribution in [2.45, 2.75) is 32.6 Å². The monoisotopic (exact) mass is 160 g/mol. The number of carbonyl (C=O) groups is 1. The lowest BCUT2D eigenvalue weighted by molar-refractivity contribution is -0.116. The molecule has 0 aromatic heterocycles. The van der Waals surface area contributed by atoms with Gasteiger partial charge in [-0.3, -0.25) is 4.79 Å². The largest absolute Gasteiger partial charge is 0.281 e. The summed E-state index contributed by atoms with van der Waals surface area (Å²) in [6, 6.07) is 0. The van der Waals surface area contributed by atoms with Gasteiger partial charge in [-0.05, 0) is 30.4 Å². The van der Waals surface area contributed by atoms with Crippen molar-refractivity contribution >= 4 is 16.8 Å². The van der Waals surface area contributed by atoms with Crippen molar-refractivity contribution in [3.63, 3.8) is 0 Å². The molecule has 0 aliphatic heterocycles. The molecule has 0 heterocycles. The van der Waals surface area contributed by atoms with Gasteiger partial charge < -0.3 is 0 Å². The first-order valence-electron chi connectivity index (χ1n) is 3.89. The minimum Gasteiger partial charge on any atom is -0.281 e. The first kappa shape index (κ1) is 8.06. The average Bonchev–Trinajstić information content (AvgIpc) is 1.88. The van der Waals surface area contributed by atoms with Gasteiger partial charge in [-0.1, -0.05) is 19.8 Å². The topological polar surface area (TPSA) is 17.1 Å². The van der Waals surface area contributed by atoms with Crippen LogP contribution in [0, 0.1) is 11.8 Å². The van der Waals surface area contributed by atoms with E-state index >= 15 is 0 Å². The zero-order valence-electron chi connectivity index (χ0n) is 6.27. The van der Waals surface area contributed by atoms with Gasteiger partial charge in [-0.25, -0.2) is 0 Å². The number of halogens is 1. The third-order valence-corrected chi connectivity index (χ3v) is 2.57. The summed E-state index contributed by atoms with van der Waals surface area (Å²) in [6.45, 7) is 2.19. The zero-order valence-corrected chi connectivity index (χ0v) is 7.03. The molecule has 0 aromatic carbocycles. The van der Waals surface area contributed by atoms with E-state index in [2.05, 4.69) is 6.92 Å². The molecular formula is C8H13ClO. The minimum atomic E-state index is -0.133. The van der Waals surface area contributed by atoms with Gasteiger partial charge in [0.05, 0.1) is 0 Å². The van der Waals surface area contributed by atoms with E-state index in [4.69, 9.17) is 11.6 Å². The molecule has 1 nitrogen and oxygen atoms in total. The number of rotatable bonds is 1. The fourth-order valence-corrected chi connectivity index (χ4v) is 1.84. The Morgan fingerprint density at radius 2 is 2.20 bits per heavy atom. The smallest absolute Gasteiger partial charge is 0.224 e. The number of hydrogen-bond acceptors (Lipinski definition) is 1. The lowest BCUT2D eigenvalue weighted by atomic mass is 9.83. The van der Waals surface area contributed by atoms with Gasteiger partial charge in [0.15, 0.2) is 0 Å². The molecule has 1 fully saturated rings. The van der Waals surface area contributed by atoms with Crippen molar-refractivity contribution in [3.05, 3.63) is 0 Å². The Morgan fingerprint density at radius 1 is 1.50 bits per heavy atom. The molecule has 0 spiro atoms. The number of carbonyl (C=O) groups excluding carboxylic acids is 1. The maximum Gasteiger partial charge on any atom is 0.224 e. The number of hydrogen-bond donors (Lipinski definition) is 0. The lowest BCUT2D eigenvalue weighted by Gasteiger charge is -2.23. The van der Waals surface area contributed by atoms with Crippen LogP contribution in [0.1, 0.15) is 32.6 Å². The summed E-state index contributed by atoms with van der Waals surface area (Å²) >= 11 is 5.38. The van der Waals surface area contributed by atoms with Gasteiger partial charge in [0.2, 0.25) is 5.24 Å². The Kier molecular flexibility index (Phi) is 2.72. The van der Waals surface area contributed by atoms with Gasteiger partial charge in [-0.15, -0.1) is 0 Å². The Labute approximate surface area is 66.8 Å². The predicted molar refractivity (Wildman–Crippen MR) is 42.0 cm³/mol. The first-order chi connectivity index (χ1) is 4.70. The quantitative estimate of drug-likeness (QED) is 0.539. The highest BCUT2D eigenvalue weighted by Crippen LogP contribution is 2.29. The van der Waals surface area contributed by atoms with Crippen LogP contribution in [0.3, 0.4) is 0 Å². The summed E-state index contributed by atoms with van der Waals surface area (Å²) in [4.78, 5) is 10.7. The van der Waals surface area contributed by atoms with Gasteiger partial charge in [0.1, 0.15) is 0 Å². The molecule has 1 saturated carbocycles. The van der Waals surface area contributed by atoms with E-state index in [1.165, 1.54) is 12.8 Å². The van der Waals surface area contributed by atoms with Crippen LogP contribution in [-0.2, 0) is 4.79 Å². The fourth-order valence-electron chi connectivity index (χ4n) is 1.64. The van der Waals surface area contributed by atoms with Gasteiger partial charge in [0, 0.05) is 5.92 Å². The summed E-state index contributed by atoms with van der Waals surface area (Å²) < 4.78 is 0. The van der Waals surface area contributed by atoms with Crippen LogP contribution >= 0.6 is 11.6 Å². The molecule has 1 aliphatic rings. The van der Waals surface area contributed by atoms with E-state index < -0.39 is 0 Å². The summed E-state index contributed by atoms with van der Waals surface area (Å²) in [6.07, 6.45) is 4.44. The second kappa shape index (κ2) is 3.38. The third kappa shape index (κ3) is 1.98. The summed E-state index contributed by atoms with van der Waals surface area (Å²) in [5, 5.41) is -0.133. The highest BCUT2D eigenvalue weighted by atomic mass is 35.5. The van der Waals surface area contributed by atoms with Crippen LogP contribution in [-0.4, -0.2) is 5.24 Å². The fraction of sp³-hybridized carbons (Fsp3) is 0.875. The first-order valence-corrected chi connectivity index (χ1v) is 4.27. The standard InChI is InChI=1S/C8H13ClO/c1-6-3-2-4-7(5-6)8(9)10/h6-7H,2-5H2,1H3/t6-,7-/m0/s1. The van der Waals surface area contributed by atoms with Crippen LogP contribution in [0.2, 0.25) is 0 Å². The molecule has 1 aliphatic carbocycles. The van der Waals surface area contributed by atoms with E-state index in [1.807, 2.05) is 0 Å². The van der Waals surface area contributed by atoms with Crippen LogP contribution in [0.4, 0.5) is 0 Å². The molecule has 0 N–H and O–H groups in total. The van der Waals surface area contributed by atoms with E-state index in [0.717, 1.165) is 12.8 Å². The highest BCUT2D eigenvalue weighted by molar-refractivity contribution is 6.63. The molecule has 58 valence electrons. The van der Waals surface area contributed by atoms with Gasteiger partial charge >= 0.3 is 0 Å². The van der Waals surface area contributed by atoms with E-state index in [1.54, 1.807) is 0 Å². The molecule has 1 rings (SSSR count). The van der Waals surface area contributed by atoms with E-state index in [0.29, 0.717) is 5.92 Å². The summed E-state index contributed by atoms with van der Waals surface area (Å²) in [5.41, 5.74) is 0. The van der Waals surface area contributed by atoms with Crippen LogP contribution in [0.15, 0.2) is 0 Å². The van der Waals surface area contributed by atoms with Gasteiger partial charge in [0.25, 0.3) is 0 Å². The van der Waals surface area contributed by atoms with Crippen molar-refractivity contribution in [2.24, 2.45) is 11.8 Å². The highest BCUT2D eigenvalue weighted by Gasteiger charge is 2.23. The Morgan fingerprint density at radius 3 is 2.60 bits per heavy atom. The Bertz CT molecular complexity index is 133. The molecule has 10 heavy (non-hydrogen) atoms. The van der Waals surface area contributed by atoms with E-state index in [9.17, 15) is 4.79 Å². The van der Waals surface area contributed by atoms with Gasteiger partial charge in [-0.2, -0.15) is 0 Å². The summed E-state index contributed by atoms with van der Waals surface area (Å²) in [7, 11) is 0. The second-order valence-electron chi connectivity index (χ2n) is 3.27. The normalized spacial score (nSPS) is 33.8. The lowest BCUT2D eigenvalue weighted by Crippen LogP contribution is -2.17. The molecule has 2 heteroatoms. The second-order valence-corrected chi connectivity index (χ2v) is 3.65. The molecule has 0 aromatic rings. The van der Waals surface area contributed by atoms with E-state index in [-0.39, 0.29) is 11.2 Å². The van der Waals surface area contributed by atoms with Crippen LogP contribution < -0.4 is 0 Å². The van der Waals surface area contributed by atoms with Crippen molar-refractivity contribution < 1.29 is 4.79 Å². The molecule has 0 unspecified atom stereocenters. The Balaban J connectivity index is 2.39. The maximum absolute atomic E-state index is 10.7. The zero-order chi connectivity index (χ0) is 7.56. The molecule has 0 bridgehead atoms. The average molecular weight is 161 g/mol. The minimum absolute atomic E-state index is 0.133. The molecular weight excluding hydrogens is 148 g/mol. The maximum atomic E-state index is 10.7. The van der Waals surface area contributed by atoms with Crippen molar-refractivity contribution in [3.8, 4) is 0 Å². The van der Waals surface area contributed by atoms with Crippen molar-refractivity contribution in [1.82, 2.24) is 0 Å². The van der Waals surface area contributed by atoms with Crippen LogP contribution in [0.25, 0.3) is 0 Å². The molecule has 2 atom stereocenters. The molecule has 0 saturated heterocycles.